The third-order valence-electron chi connectivity index (χ3n) is 5.62. The summed E-state index contributed by atoms with van der Waals surface area (Å²) in [4.78, 5) is 23.4. The number of hydrogen-bond acceptors (Lipinski definition) is 12. The molecular weight excluding hydrogens is 480 g/mol. The Labute approximate surface area is 214 Å². The lowest BCUT2D eigenvalue weighted by Gasteiger charge is -2.17. The minimum Gasteiger partial charge on any atom is -0.394 e. The fraction of sp³-hybridized carbons (Fsp3) is 0.478. The van der Waals surface area contributed by atoms with Gasteiger partial charge in [-0.2, -0.15) is 4.98 Å². The third kappa shape index (κ3) is 8.25. The molecule has 0 aliphatic heterocycles. The molecule has 2 unspecified atom stereocenters. The zero-order valence-electron chi connectivity index (χ0n) is 20.9. The van der Waals surface area contributed by atoms with Gasteiger partial charge in [0, 0.05) is 25.2 Å². The number of aromatic nitrogens is 5. The Balaban J connectivity index is 1.77. The molecule has 0 saturated heterocycles. The van der Waals surface area contributed by atoms with Gasteiger partial charge in [-0.3, -0.25) is 10.1 Å². The first-order valence-electron chi connectivity index (χ1n) is 12.1. The first kappa shape index (κ1) is 27.5. The van der Waals surface area contributed by atoms with Crippen molar-refractivity contribution in [1.82, 2.24) is 24.7 Å². The molecule has 0 amide bonds. The number of azo groups is 1. The zero-order chi connectivity index (χ0) is 26.6. The summed E-state index contributed by atoms with van der Waals surface area (Å²) in [6, 6.07) is 5.88. The van der Waals surface area contributed by atoms with Crippen LogP contribution < -0.4 is 10.6 Å². The van der Waals surface area contributed by atoms with Crippen molar-refractivity contribution in [2.24, 2.45) is 16.1 Å². The summed E-state index contributed by atoms with van der Waals surface area (Å²) < 4.78 is 1.43. The monoisotopic (exact) mass is 512 g/mol. The maximum Gasteiger partial charge on any atom is 0.287 e. The number of aliphatic hydroxyl groups excluding tert-OH is 2. The number of aliphatic hydroxyl groups is 2. The van der Waals surface area contributed by atoms with Gasteiger partial charge in [0.25, 0.3) is 11.6 Å². The van der Waals surface area contributed by atoms with Gasteiger partial charge in [-0.1, -0.05) is 33.1 Å². The van der Waals surface area contributed by atoms with Crippen molar-refractivity contribution in [2.45, 2.75) is 45.6 Å². The average Bonchev–Trinajstić information content (AvgIpc) is 3.40. The molecule has 198 valence electrons. The molecule has 2 atom stereocenters. The molecule has 3 aromatic rings. The lowest BCUT2D eigenvalue weighted by Crippen LogP contribution is -2.23. The molecule has 0 spiro atoms. The second-order valence-electron chi connectivity index (χ2n) is 8.40. The highest BCUT2D eigenvalue weighted by atomic mass is 16.6. The van der Waals surface area contributed by atoms with Gasteiger partial charge >= 0.3 is 0 Å². The number of rotatable bonds is 15. The molecule has 2 heterocycles. The summed E-state index contributed by atoms with van der Waals surface area (Å²) >= 11 is 0. The van der Waals surface area contributed by atoms with Crippen LogP contribution in [0.4, 0.5) is 29.1 Å². The Morgan fingerprint density at radius 3 is 2.59 bits per heavy atom. The van der Waals surface area contributed by atoms with Crippen molar-refractivity contribution in [1.29, 1.82) is 0 Å². The summed E-state index contributed by atoms with van der Waals surface area (Å²) in [6.45, 7) is 4.74. The normalized spacial score (nSPS) is 13.0. The fourth-order valence-corrected chi connectivity index (χ4v) is 3.37. The Kier molecular flexibility index (Phi) is 10.3. The van der Waals surface area contributed by atoms with Crippen LogP contribution in [0.2, 0.25) is 0 Å². The van der Waals surface area contributed by atoms with Crippen molar-refractivity contribution in [3.05, 3.63) is 46.9 Å². The minimum atomic E-state index is -0.923. The number of unbranched alkanes of at least 4 members (excludes halogenated alkanes) is 1. The molecule has 14 heteroatoms. The molecule has 0 aliphatic carbocycles. The molecule has 3 rings (SSSR count). The van der Waals surface area contributed by atoms with E-state index in [0.717, 1.165) is 25.7 Å². The van der Waals surface area contributed by atoms with Gasteiger partial charge in [0.2, 0.25) is 5.82 Å². The number of nitrogens with one attached hydrogen (secondary N) is 2. The number of nitro benzene ring substituents is 1. The second-order valence-corrected chi connectivity index (χ2v) is 8.40. The number of benzene rings is 1. The first-order valence-corrected chi connectivity index (χ1v) is 12.1. The van der Waals surface area contributed by atoms with Gasteiger partial charge in [-0.05, 0) is 24.5 Å². The van der Waals surface area contributed by atoms with E-state index in [1.54, 1.807) is 12.1 Å². The van der Waals surface area contributed by atoms with Crippen molar-refractivity contribution in [2.75, 3.05) is 30.3 Å². The maximum absolute atomic E-state index is 10.9. The summed E-state index contributed by atoms with van der Waals surface area (Å²) in [6.07, 6.45) is 6.34. The van der Waals surface area contributed by atoms with Crippen LogP contribution in [0.15, 0.2) is 47.0 Å². The van der Waals surface area contributed by atoms with Crippen LogP contribution >= 0.6 is 0 Å². The van der Waals surface area contributed by atoms with E-state index in [0.29, 0.717) is 29.8 Å². The van der Waals surface area contributed by atoms with Crippen LogP contribution in [-0.4, -0.2) is 65.7 Å². The zero-order valence-corrected chi connectivity index (χ0v) is 20.9. The molecule has 0 aliphatic rings. The van der Waals surface area contributed by atoms with Crippen LogP contribution in [0.3, 0.4) is 0 Å². The largest absolute Gasteiger partial charge is 0.394 e. The van der Waals surface area contributed by atoms with E-state index >= 15 is 0 Å². The van der Waals surface area contributed by atoms with Crippen LogP contribution in [0, 0.1) is 16.0 Å². The summed E-state index contributed by atoms with van der Waals surface area (Å²) in [5, 5.41) is 48.3. The first-order chi connectivity index (χ1) is 17.9. The van der Waals surface area contributed by atoms with E-state index in [-0.39, 0.29) is 30.6 Å². The number of nitro groups is 1. The lowest BCUT2D eigenvalue weighted by atomic mass is 9.99. The van der Waals surface area contributed by atoms with Crippen molar-refractivity contribution < 1.29 is 15.1 Å². The van der Waals surface area contributed by atoms with Crippen LogP contribution in [0.1, 0.15) is 39.5 Å². The highest BCUT2D eigenvalue weighted by Gasteiger charge is 2.13. The smallest absolute Gasteiger partial charge is 0.287 e. The molecular formula is C23H32N10O4. The molecule has 37 heavy (non-hydrogen) atoms. The molecule has 0 bridgehead atoms. The van der Waals surface area contributed by atoms with Gasteiger partial charge in [0.1, 0.15) is 12.1 Å². The van der Waals surface area contributed by atoms with E-state index in [4.69, 9.17) is 5.11 Å². The van der Waals surface area contributed by atoms with E-state index < -0.39 is 11.0 Å². The van der Waals surface area contributed by atoms with Gasteiger partial charge in [0.15, 0.2) is 5.82 Å². The Morgan fingerprint density at radius 1 is 1.14 bits per heavy atom. The molecule has 1 aromatic carbocycles. The second kappa shape index (κ2) is 13.9. The van der Waals surface area contributed by atoms with Crippen molar-refractivity contribution >= 4 is 29.1 Å². The fourth-order valence-electron chi connectivity index (χ4n) is 3.37. The average molecular weight is 513 g/mol. The molecule has 4 N–H and O–H groups in total. The Hall–Kier alpha value is -4.04. The summed E-state index contributed by atoms with van der Waals surface area (Å²) in [7, 11) is 0. The van der Waals surface area contributed by atoms with Crippen LogP contribution in [0.5, 0.6) is 0 Å². The lowest BCUT2D eigenvalue weighted by molar-refractivity contribution is -0.384. The van der Waals surface area contributed by atoms with Crippen LogP contribution in [0.25, 0.3) is 5.69 Å². The van der Waals surface area contributed by atoms with E-state index in [9.17, 15) is 15.2 Å². The maximum atomic E-state index is 10.9. The number of nitrogens with zero attached hydrogens (tertiary/aromatic N) is 8. The summed E-state index contributed by atoms with van der Waals surface area (Å²) in [5.41, 5.74) is 0.561. The van der Waals surface area contributed by atoms with Gasteiger partial charge < -0.3 is 20.8 Å². The standard InChI is InChI=1S/C23H32N10O4/c1-3-5-6-16(4-2)11-25-21-22(26-13-20(28-21)24-12-19(35)14-34)29-30-23-27-15-32(31-23)17-7-9-18(10-8-17)33(36)37/h7-10,13,15-16,19,34-35H,3-6,11-12,14H2,1-2H3,(H2,24,25,28). The van der Waals surface area contributed by atoms with E-state index in [1.165, 1.54) is 29.3 Å². The highest BCUT2D eigenvalue weighted by molar-refractivity contribution is 5.58. The molecule has 0 radical (unpaired) electrons. The van der Waals surface area contributed by atoms with Crippen molar-refractivity contribution in [3.8, 4) is 5.69 Å². The predicted octanol–water partition coefficient (Wildman–Crippen LogP) is 3.77. The number of anilines is 2. The summed E-state index contributed by atoms with van der Waals surface area (Å²) in [5.74, 6) is 1.60. The van der Waals surface area contributed by atoms with Crippen LogP contribution in [-0.2, 0) is 0 Å². The number of hydrogen-bond donors (Lipinski definition) is 4. The topological polar surface area (TPSA) is 189 Å². The third-order valence-corrected chi connectivity index (χ3v) is 5.62. The Bertz CT molecular complexity index is 1170. The molecule has 2 aromatic heterocycles. The van der Waals surface area contributed by atoms with E-state index in [1.807, 2.05) is 0 Å². The highest BCUT2D eigenvalue weighted by Crippen LogP contribution is 2.25. The molecule has 0 fully saturated rings. The number of non-ortho nitro benzene ring substituents is 1. The Morgan fingerprint density at radius 2 is 1.92 bits per heavy atom. The quantitative estimate of drug-likeness (QED) is 0.132. The SMILES string of the molecule is CCCCC(CC)CNc1nc(NCC(O)CO)cnc1N=Nc1ncn(-c2ccc([N+](=O)[O-])cc2)n1. The minimum absolute atomic E-state index is 0.0220. The van der Waals surface area contributed by atoms with E-state index in [2.05, 4.69) is 54.8 Å². The van der Waals surface area contributed by atoms with Gasteiger partial charge in [0.05, 0.1) is 29.5 Å². The molecule has 0 saturated carbocycles. The van der Waals surface area contributed by atoms with Gasteiger partial charge in [-0.25, -0.2) is 14.6 Å². The molecule has 14 nitrogen and oxygen atoms in total. The van der Waals surface area contributed by atoms with Crippen molar-refractivity contribution in [3.63, 3.8) is 0 Å². The predicted molar refractivity (Wildman–Crippen MR) is 138 cm³/mol. The van der Waals surface area contributed by atoms with Gasteiger partial charge in [-0.15, -0.1) is 15.3 Å².